The number of nitrogens with zero attached hydrogens (tertiary/aromatic N) is 2. The van der Waals surface area contributed by atoms with Crippen LogP contribution >= 0.6 is 11.6 Å². The molecular weight excluding hydrogens is 216 g/mol. The average molecular weight is 227 g/mol. The summed E-state index contributed by atoms with van der Waals surface area (Å²) in [6.07, 6.45) is 1.11. The molecule has 0 amide bonds. The summed E-state index contributed by atoms with van der Waals surface area (Å²) < 4.78 is 0. The molecule has 1 aromatic carbocycles. The lowest BCUT2D eigenvalue weighted by atomic mass is 10.1. The molecule has 2 rings (SSSR count). The third kappa shape index (κ3) is 1.90. The highest BCUT2D eigenvalue weighted by molar-refractivity contribution is 6.17. The van der Waals surface area contributed by atoms with Crippen LogP contribution in [-0.4, -0.2) is 18.0 Å². The Balaban J connectivity index is 2.39. The van der Waals surface area contributed by atoms with Gasteiger partial charge < -0.3 is 4.90 Å². The minimum atomic E-state index is -0.344. The van der Waals surface area contributed by atoms with E-state index in [1.165, 1.54) is 0 Å². The van der Waals surface area contributed by atoms with Gasteiger partial charge in [-0.25, -0.2) is 0 Å². The molecule has 0 saturated carbocycles. The maximum Gasteiger partial charge on any atom is 0.292 e. The Labute approximate surface area is 92.6 Å². The van der Waals surface area contributed by atoms with Gasteiger partial charge in [0.1, 0.15) is 5.69 Å². The molecular formula is C10H11ClN2O2. The Kier molecular flexibility index (Phi) is 2.77. The molecule has 0 aliphatic carbocycles. The number of nitro groups is 1. The molecule has 80 valence electrons. The van der Waals surface area contributed by atoms with Gasteiger partial charge >= 0.3 is 0 Å². The molecule has 1 aromatic rings. The zero-order chi connectivity index (χ0) is 10.8. The molecule has 1 heterocycles. The van der Waals surface area contributed by atoms with Gasteiger partial charge in [-0.05, 0) is 18.1 Å². The summed E-state index contributed by atoms with van der Waals surface area (Å²) in [6, 6.07) is 5.18. The van der Waals surface area contributed by atoms with Gasteiger partial charge in [0.2, 0.25) is 0 Å². The molecule has 0 bridgehead atoms. The van der Waals surface area contributed by atoms with E-state index >= 15 is 0 Å². The predicted octanol–water partition coefficient (Wildman–Crippen LogP) is 2.54. The molecule has 4 nitrogen and oxygen atoms in total. The number of hydrogen-bond donors (Lipinski definition) is 0. The number of hydrogen-bond acceptors (Lipinski definition) is 3. The first kappa shape index (κ1) is 10.2. The van der Waals surface area contributed by atoms with Crippen LogP contribution in [-0.2, 0) is 5.88 Å². The predicted molar refractivity (Wildman–Crippen MR) is 59.5 cm³/mol. The third-order valence-corrected chi connectivity index (χ3v) is 2.90. The second-order valence-electron chi connectivity index (χ2n) is 3.55. The van der Waals surface area contributed by atoms with Gasteiger partial charge in [-0.15, -0.1) is 11.6 Å². The van der Waals surface area contributed by atoms with Crippen molar-refractivity contribution < 1.29 is 4.92 Å². The molecule has 1 saturated heterocycles. The van der Waals surface area contributed by atoms with Crippen molar-refractivity contribution in [3.63, 3.8) is 0 Å². The highest BCUT2D eigenvalue weighted by Gasteiger charge is 2.23. The van der Waals surface area contributed by atoms with Crippen LogP contribution in [0.1, 0.15) is 12.0 Å². The lowest BCUT2D eigenvalue weighted by molar-refractivity contribution is -0.384. The van der Waals surface area contributed by atoms with E-state index in [1.54, 1.807) is 12.1 Å². The van der Waals surface area contributed by atoms with Crippen LogP contribution in [0.5, 0.6) is 0 Å². The second kappa shape index (κ2) is 4.06. The van der Waals surface area contributed by atoms with Crippen molar-refractivity contribution in [2.75, 3.05) is 18.0 Å². The van der Waals surface area contributed by atoms with E-state index in [1.807, 2.05) is 11.0 Å². The number of halogens is 1. The van der Waals surface area contributed by atoms with Gasteiger partial charge in [0, 0.05) is 25.0 Å². The molecule has 0 unspecified atom stereocenters. The van der Waals surface area contributed by atoms with Gasteiger partial charge in [-0.3, -0.25) is 10.1 Å². The number of nitro benzene ring substituents is 1. The molecule has 1 aliphatic heterocycles. The largest absolute Gasteiger partial charge is 0.366 e. The molecule has 0 atom stereocenters. The first-order valence-electron chi connectivity index (χ1n) is 4.80. The Morgan fingerprint density at radius 2 is 2.20 bits per heavy atom. The van der Waals surface area contributed by atoms with Crippen molar-refractivity contribution in [2.24, 2.45) is 0 Å². The molecule has 15 heavy (non-hydrogen) atoms. The minimum absolute atomic E-state index is 0.160. The SMILES string of the molecule is O=[N+]([O-])c1cc(CCl)ccc1N1CCC1. The van der Waals surface area contributed by atoms with Crippen LogP contribution in [0.4, 0.5) is 11.4 Å². The van der Waals surface area contributed by atoms with Gasteiger partial charge in [-0.2, -0.15) is 0 Å². The van der Waals surface area contributed by atoms with Crippen LogP contribution in [0.3, 0.4) is 0 Å². The fourth-order valence-corrected chi connectivity index (χ4v) is 1.79. The Hall–Kier alpha value is -1.29. The average Bonchev–Trinajstić information content (AvgIpc) is 2.15. The van der Waals surface area contributed by atoms with E-state index in [4.69, 9.17) is 11.6 Å². The Bertz CT molecular complexity index is 391. The van der Waals surface area contributed by atoms with Crippen molar-refractivity contribution in [3.8, 4) is 0 Å². The summed E-state index contributed by atoms with van der Waals surface area (Å²) in [7, 11) is 0. The molecule has 0 aromatic heterocycles. The van der Waals surface area contributed by atoms with Gasteiger partial charge in [0.15, 0.2) is 0 Å². The highest BCUT2D eigenvalue weighted by atomic mass is 35.5. The smallest absolute Gasteiger partial charge is 0.292 e. The van der Waals surface area contributed by atoms with Crippen molar-refractivity contribution >= 4 is 23.0 Å². The summed E-state index contributed by atoms with van der Waals surface area (Å²) in [4.78, 5) is 12.5. The van der Waals surface area contributed by atoms with E-state index in [9.17, 15) is 10.1 Å². The van der Waals surface area contributed by atoms with E-state index in [-0.39, 0.29) is 10.6 Å². The minimum Gasteiger partial charge on any atom is -0.366 e. The van der Waals surface area contributed by atoms with Gasteiger partial charge in [0.25, 0.3) is 5.69 Å². The first-order valence-corrected chi connectivity index (χ1v) is 5.34. The number of alkyl halides is 1. The van der Waals surface area contributed by atoms with Crippen LogP contribution in [0.25, 0.3) is 0 Å². The Morgan fingerprint density at radius 3 is 2.67 bits per heavy atom. The Morgan fingerprint density at radius 1 is 1.47 bits per heavy atom. The quantitative estimate of drug-likeness (QED) is 0.452. The van der Waals surface area contributed by atoms with Crippen molar-refractivity contribution in [1.82, 2.24) is 0 Å². The molecule has 1 fully saturated rings. The van der Waals surface area contributed by atoms with E-state index in [0.29, 0.717) is 11.6 Å². The number of benzene rings is 1. The van der Waals surface area contributed by atoms with Crippen LogP contribution in [0.15, 0.2) is 18.2 Å². The topological polar surface area (TPSA) is 46.4 Å². The standard InChI is InChI=1S/C10H11ClN2O2/c11-7-8-2-3-9(12-4-1-5-12)10(6-8)13(14)15/h2-3,6H,1,4-5,7H2. The third-order valence-electron chi connectivity index (χ3n) is 2.59. The monoisotopic (exact) mass is 226 g/mol. The van der Waals surface area contributed by atoms with Gasteiger partial charge in [-0.1, -0.05) is 6.07 Å². The molecule has 0 N–H and O–H groups in total. The maximum absolute atomic E-state index is 10.9. The summed E-state index contributed by atoms with van der Waals surface area (Å²) in [5.41, 5.74) is 1.65. The zero-order valence-electron chi connectivity index (χ0n) is 8.15. The first-order chi connectivity index (χ1) is 7.22. The molecule has 0 radical (unpaired) electrons. The van der Waals surface area contributed by atoms with Crippen molar-refractivity contribution in [3.05, 3.63) is 33.9 Å². The van der Waals surface area contributed by atoms with Crippen LogP contribution in [0.2, 0.25) is 0 Å². The summed E-state index contributed by atoms with van der Waals surface area (Å²) in [5, 5.41) is 10.9. The highest BCUT2D eigenvalue weighted by Crippen LogP contribution is 2.32. The lowest BCUT2D eigenvalue weighted by Crippen LogP contribution is -2.37. The van der Waals surface area contributed by atoms with Crippen molar-refractivity contribution in [2.45, 2.75) is 12.3 Å². The fourth-order valence-electron chi connectivity index (χ4n) is 1.62. The zero-order valence-corrected chi connectivity index (χ0v) is 8.91. The molecule has 0 spiro atoms. The normalized spacial score (nSPS) is 14.9. The van der Waals surface area contributed by atoms with E-state index in [0.717, 1.165) is 25.1 Å². The van der Waals surface area contributed by atoms with Crippen LogP contribution < -0.4 is 4.90 Å². The maximum atomic E-state index is 10.9. The number of rotatable bonds is 3. The van der Waals surface area contributed by atoms with Crippen LogP contribution in [0, 0.1) is 10.1 Å². The number of anilines is 1. The van der Waals surface area contributed by atoms with Gasteiger partial charge in [0.05, 0.1) is 4.92 Å². The van der Waals surface area contributed by atoms with E-state index < -0.39 is 0 Å². The fraction of sp³-hybridized carbons (Fsp3) is 0.400. The lowest BCUT2D eigenvalue weighted by Gasteiger charge is -2.32. The summed E-state index contributed by atoms with van der Waals surface area (Å²) >= 11 is 5.65. The molecule has 1 aliphatic rings. The van der Waals surface area contributed by atoms with E-state index in [2.05, 4.69) is 0 Å². The summed E-state index contributed by atoms with van der Waals surface area (Å²) in [5.74, 6) is 0.307. The second-order valence-corrected chi connectivity index (χ2v) is 3.82. The van der Waals surface area contributed by atoms with Crippen molar-refractivity contribution in [1.29, 1.82) is 0 Å². The molecule has 5 heteroatoms. The summed E-state index contributed by atoms with van der Waals surface area (Å²) in [6.45, 7) is 1.81.